The Labute approximate surface area is 111 Å². The van der Waals surface area contributed by atoms with Crippen LogP contribution in [0.25, 0.3) is 0 Å². The second-order valence-corrected chi connectivity index (χ2v) is 4.77. The minimum Gasteiger partial charge on any atom is -0.358 e. The van der Waals surface area contributed by atoms with Gasteiger partial charge in [0.15, 0.2) is 0 Å². The van der Waals surface area contributed by atoms with Crippen molar-refractivity contribution in [3.05, 3.63) is 35.6 Å². The molecule has 2 N–H and O–H groups in total. The lowest BCUT2D eigenvalue weighted by molar-refractivity contribution is -0.132. The van der Waals surface area contributed by atoms with Crippen molar-refractivity contribution in [3.8, 4) is 0 Å². The quantitative estimate of drug-likeness (QED) is 0.856. The van der Waals surface area contributed by atoms with Crippen LogP contribution in [0.1, 0.15) is 24.8 Å². The Hall–Kier alpha value is -1.91. The molecule has 102 valence electrons. The van der Waals surface area contributed by atoms with Gasteiger partial charge in [0.05, 0.1) is 12.0 Å². The normalized spacial score (nSPS) is 16.3. The second kappa shape index (κ2) is 5.38. The van der Waals surface area contributed by atoms with E-state index in [1.807, 2.05) is 0 Å². The van der Waals surface area contributed by atoms with E-state index in [1.54, 1.807) is 18.2 Å². The molecule has 1 aromatic carbocycles. The van der Waals surface area contributed by atoms with E-state index in [2.05, 4.69) is 10.6 Å². The average molecular weight is 264 g/mol. The Balaban J connectivity index is 2.17. The summed E-state index contributed by atoms with van der Waals surface area (Å²) in [7, 11) is 1.50. The van der Waals surface area contributed by atoms with Gasteiger partial charge in [-0.05, 0) is 18.9 Å². The molecule has 0 heterocycles. The van der Waals surface area contributed by atoms with Crippen molar-refractivity contribution in [1.82, 2.24) is 10.6 Å². The van der Waals surface area contributed by atoms with Crippen LogP contribution in [0.5, 0.6) is 0 Å². The maximum Gasteiger partial charge on any atom is 0.239 e. The van der Waals surface area contributed by atoms with Crippen molar-refractivity contribution >= 4 is 11.8 Å². The van der Waals surface area contributed by atoms with Gasteiger partial charge >= 0.3 is 0 Å². The molecule has 19 heavy (non-hydrogen) atoms. The molecular formula is C14H17FN2O2. The number of benzene rings is 1. The lowest BCUT2D eigenvalue weighted by Crippen LogP contribution is -2.51. The van der Waals surface area contributed by atoms with Gasteiger partial charge in [-0.2, -0.15) is 0 Å². The van der Waals surface area contributed by atoms with E-state index in [4.69, 9.17) is 0 Å². The number of rotatable bonds is 4. The molecule has 0 aromatic heterocycles. The molecular weight excluding hydrogens is 247 g/mol. The van der Waals surface area contributed by atoms with E-state index in [0.717, 1.165) is 6.42 Å². The number of likely N-dealkylation sites (N-methyl/N-ethyl adjacent to an activating group) is 1. The second-order valence-electron chi connectivity index (χ2n) is 4.77. The molecule has 0 saturated heterocycles. The fraction of sp³-hybridized carbons (Fsp3) is 0.429. The van der Waals surface area contributed by atoms with Crippen LogP contribution in [0, 0.1) is 5.82 Å². The van der Waals surface area contributed by atoms with Crippen molar-refractivity contribution in [2.75, 3.05) is 13.6 Å². The van der Waals surface area contributed by atoms with Gasteiger partial charge in [0.25, 0.3) is 0 Å². The third-order valence-corrected chi connectivity index (χ3v) is 3.72. The topological polar surface area (TPSA) is 58.2 Å². The maximum absolute atomic E-state index is 13.9. The summed E-state index contributed by atoms with van der Waals surface area (Å²) >= 11 is 0. The molecule has 5 heteroatoms. The zero-order valence-corrected chi connectivity index (χ0v) is 10.8. The molecule has 1 aliphatic carbocycles. The summed E-state index contributed by atoms with van der Waals surface area (Å²) in [5.74, 6) is -0.902. The van der Waals surface area contributed by atoms with Gasteiger partial charge < -0.3 is 10.6 Å². The fourth-order valence-electron chi connectivity index (χ4n) is 2.42. The summed E-state index contributed by atoms with van der Waals surface area (Å²) in [6.07, 6.45) is 2.13. The molecule has 1 aliphatic rings. The first-order valence-electron chi connectivity index (χ1n) is 6.34. The summed E-state index contributed by atoms with van der Waals surface area (Å²) in [6.45, 7) is -0.0778. The van der Waals surface area contributed by atoms with Gasteiger partial charge in [-0.15, -0.1) is 0 Å². The first-order chi connectivity index (χ1) is 9.10. The van der Waals surface area contributed by atoms with E-state index < -0.39 is 5.41 Å². The highest BCUT2D eigenvalue weighted by Gasteiger charge is 2.47. The zero-order chi connectivity index (χ0) is 13.9. The number of hydrogen-bond donors (Lipinski definition) is 2. The Kier molecular flexibility index (Phi) is 3.83. The van der Waals surface area contributed by atoms with Gasteiger partial charge in [0.1, 0.15) is 5.82 Å². The minimum absolute atomic E-state index is 0.0778. The minimum atomic E-state index is -0.806. The lowest BCUT2D eigenvalue weighted by Gasteiger charge is -2.40. The van der Waals surface area contributed by atoms with Gasteiger partial charge in [-0.1, -0.05) is 24.6 Å². The molecule has 2 rings (SSSR count). The number of halogens is 1. The van der Waals surface area contributed by atoms with Crippen LogP contribution in [-0.4, -0.2) is 25.4 Å². The first kappa shape index (κ1) is 13.5. The molecule has 0 bridgehead atoms. The molecule has 0 unspecified atom stereocenters. The summed E-state index contributed by atoms with van der Waals surface area (Å²) in [5.41, 5.74) is -0.380. The number of hydrogen-bond acceptors (Lipinski definition) is 2. The molecule has 0 aliphatic heterocycles. The van der Waals surface area contributed by atoms with Gasteiger partial charge in [-0.25, -0.2) is 4.39 Å². The van der Waals surface area contributed by atoms with Crippen molar-refractivity contribution in [2.45, 2.75) is 24.7 Å². The largest absolute Gasteiger partial charge is 0.358 e. The molecule has 4 nitrogen and oxygen atoms in total. The van der Waals surface area contributed by atoms with E-state index in [0.29, 0.717) is 18.4 Å². The molecule has 1 aromatic rings. The third-order valence-electron chi connectivity index (χ3n) is 3.72. The molecule has 0 atom stereocenters. The number of carbonyl (C=O) groups excluding carboxylic acids is 2. The summed E-state index contributed by atoms with van der Waals surface area (Å²) in [5, 5.41) is 5.02. The average Bonchev–Trinajstić information content (AvgIpc) is 2.36. The van der Waals surface area contributed by atoms with Gasteiger partial charge in [0, 0.05) is 12.6 Å². The van der Waals surface area contributed by atoms with E-state index in [1.165, 1.54) is 13.1 Å². The Morgan fingerprint density at radius 3 is 2.53 bits per heavy atom. The van der Waals surface area contributed by atoms with Gasteiger partial charge in [0.2, 0.25) is 11.8 Å². The molecule has 1 fully saturated rings. The monoisotopic (exact) mass is 264 g/mol. The smallest absolute Gasteiger partial charge is 0.239 e. The van der Waals surface area contributed by atoms with Crippen molar-refractivity contribution in [2.24, 2.45) is 0 Å². The van der Waals surface area contributed by atoms with Crippen molar-refractivity contribution in [3.63, 3.8) is 0 Å². The SMILES string of the molecule is CNC(=O)CNC(=O)C1(c2ccccc2F)CCC1. The zero-order valence-electron chi connectivity index (χ0n) is 10.8. The van der Waals surface area contributed by atoms with E-state index in [-0.39, 0.29) is 24.2 Å². The van der Waals surface area contributed by atoms with Crippen LogP contribution in [-0.2, 0) is 15.0 Å². The Bertz CT molecular complexity index is 498. The predicted molar refractivity (Wildman–Crippen MR) is 69.0 cm³/mol. The number of nitrogens with one attached hydrogen (secondary N) is 2. The standard InChI is InChI=1S/C14H17FN2O2/c1-16-12(18)9-17-13(19)14(7-4-8-14)10-5-2-3-6-11(10)15/h2-3,5-6H,4,7-9H2,1H3,(H,16,18)(H,17,19). The molecule has 0 spiro atoms. The van der Waals surface area contributed by atoms with Crippen molar-refractivity contribution < 1.29 is 14.0 Å². The molecule has 2 amide bonds. The first-order valence-corrected chi connectivity index (χ1v) is 6.34. The van der Waals surface area contributed by atoms with Crippen LogP contribution in [0.15, 0.2) is 24.3 Å². The molecule has 0 radical (unpaired) electrons. The van der Waals surface area contributed by atoms with E-state index >= 15 is 0 Å². The van der Waals surface area contributed by atoms with Gasteiger partial charge in [-0.3, -0.25) is 9.59 Å². The van der Waals surface area contributed by atoms with E-state index in [9.17, 15) is 14.0 Å². The van der Waals surface area contributed by atoms with Crippen LogP contribution < -0.4 is 10.6 Å². The van der Waals surface area contributed by atoms with Crippen LogP contribution in [0.4, 0.5) is 4.39 Å². The van der Waals surface area contributed by atoms with Crippen LogP contribution in [0.3, 0.4) is 0 Å². The highest BCUT2D eigenvalue weighted by atomic mass is 19.1. The maximum atomic E-state index is 13.9. The predicted octanol–water partition coefficient (Wildman–Crippen LogP) is 1.11. The Morgan fingerprint density at radius 1 is 1.32 bits per heavy atom. The molecule has 1 saturated carbocycles. The lowest BCUT2D eigenvalue weighted by atomic mass is 9.63. The van der Waals surface area contributed by atoms with Crippen molar-refractivity contribution in [1.29, 1.82) is 0 Å². The summed E-state index contributed by atoms with van der Waals surface area (Å²) < 4.78 is 13.9. The van der Waals surface area contributed by atoms with Crippen LogP contribution in [0.2, 0.25) is 0 Å². The summed E-state index contributed by atoms with van der Waals surface area (Å²) in [6, 6.07) is 6.34. The number of amides is 2. The number of carbonyl (C=O) groups is 2. The van der Waals surface area contributed by atoms with Crippen LogP contribution >= 0.6 is 0 Å². The highest BCUT2D eigenvalue weighted by Crippen LogP contribution is 2.44. The highest BCUT2D eigenvalue weighted by molar-refractivity contribution is 5.92. The fourth-order valence-corrected chi connectivity index (χ4v) is 2.42. The summed E-state index contributed by atoms with van der Waals surface area (Å²) in [4.78, 5) is 23.4. The third kappa shape index (κ3) is 2.45. The Morgan fingerprint density at radius 2 is 2.00 bits per heavy atom.